The number of hydrogen-bond donors (Lipinski definition) is 0. The van der Waals surface area contributed by atoms with Gasteiger partial charge in [-0.1, -0.05) is 0 Å². The van der Waals surface area contributed by atoms with E-state index in [2.05, 4.69) is 24.0 Å². The molecular weight excluding hydrogens is 304 g/mol. The number of benzene rings is 1. The van der Waals surface area contributed by atoms with Crippen LogP contribution < -0.4 is 9.47 Å². The van der Waals surface area contributed by atoms with Gasteiger partial charge in [-0.15, -0.1) is 0 Å². The van der Waals surface area contributed by atoms with Gasteiger partial charge in [0.1, 0.15) is 0 Å². The van der Waals surface area contributed by atoms with E-state index in [-0.39, 0.29) is 11.9 Å². The lowest BCUT2D eigenvalue weighted by Crippen LogP contribution is -2.39. The van der Waals surface area contributed by atoms with Gasteiger partial charge in [-0.25, -0.2) is 0 Å². The summed E-state index contributed by atoms with van der Waals surface area (Å²) in [6.07, 6.45) is 7.34. The van der Waals surface area contributed by atoms with Gasteiger partial charge in [0.15, 0.2) is 11.5 Å². The Hall–Kier alpha value is -2.04. The molecule has 1 heterocycles. The zero-order valence-electron chi connectivity index (χ0n) is 14.7. The molecule has 24 heavy (non-hydrogen) atoms. The van der Waals surface area contributed by atoms with Crippen molar-refractivity contribution in [3.8, 4) is 11.5 Å². The molecule has 1 saturated heterocycles. The Morgan fingerprint density at radius 1 is 1.17 bits per heavy atom. The van der Waals surface area contributed by atoms with E-state index in [1.807, 2.05) is 18.3 Å². The van der Waals surface area contributed by atoms with Crippen molar-refractivity contribution in [2.24, 2.45) is 11.0 Å². The van der Waals surface area contributed by atoms with Crippen molar-refractivity contribution < 1.29 is 14.3 Å². The predicted molar refractivity (Wildman–Crippen MR) is 93.6 cm³/mol. The Bertz CT molecular complexity index is 615. The molecule has 1 aromatic rings. The van der Waals surface area contributed by atoms with E-state index in [9.17, 15) is 4.79 Å². The van der Waals surface area contributed by atoms with Gasteiger partial charge in [-0.05, 0) is 69.7 Å². The normalized spacial score (nSPS) is 24.2. The second kappa shape index (κ2) is 7.24. The van der Waals surface area contributed by atoms with E-state index in [0.717, 1.165) is 18.4 Å². The van der Waals surface area contributed by atoms with E-state index in [0.29, 0.717) is 23.6 Å². The van der Waals surface area contributed by atoms with Crippen LogP contribution in [0.2, 0.25) is 0 Å². The minimum absolute atomic E-state index is 0.0676. The summed E-state index contributed by atoms with van der Waals surface area (Å²) in [6, 6.07) is 6.47. The summed E-state index contributed by atoms with van der Waals surface area (Å²) in [7, 11) is 1.58. The molecule has 0 aromatic heterocycles. The maximum atomic E-state index is 11.8. The molecule has 0 spiro atoms. The molecule has 2 atom stereocenters. The van der Waals surface area contributed by atoms with Gasteiger partial charge < -0.3 is 9.47 Å². The molecule has 130 valence electrons. The summed E-state index contributed by atoms with van der Waals surface area (Å²) in [6.45, 7) is 4.43. The third-order valence-electron chi connectivity index (χ3n) is 4.80. The number of piperidine rings is 1. The van der Waals surface area contributed by atoms with E-state index in [1.165, 1.54) is 19.3 Å². The monoisotopic (exact) mass is 330 g/mol. The first-order valence-corrected chi connectivity index (χ1v) is 8.80. The molecule has 0 amide bonds. The van der Waals surface area contributed by atoms with Crippen LogP contribution in [0.3, 0.4) is 0 Å². The van der Waals surface area contributed by atoms with Crippen molar-refractivity contribution >= 4 is 12.2 Å². The Labute approximate surface area is 143 Å². The first-order chi connectivity index (χ1) is 11.6. The Morgan fingerprint density at radius 3 is 2.50 bits per heavy atom. The molecule has 2 aliphatic rings. The van der Waals surface area contributed by atoms with Crippen molar-refractivity contribution in [3.63, 3.8) is 0 Å². The first-order valence-electron chi connectivity index (χ1n) is 8.80. The van der Waals surface area contributed by atoms with Crippen LogP contribution in [0.1, 0.15) is 51.5 Å². The Balaban J connectivity index is 1.71. The van der Waals surface area contributed by atoms with Crippen molar-refractivity contribution in [1.29, 1.82) is 0 Å². The summed E-state index contributed by atoms with van der Waals surface area (Å²) in [5.41, 5.74) is 0.933. The van der Waals surface area contributed by atoms with Crippen LogP contribution in [0, 0.1) is 5.92 Å². The number of hydrazone groups is 1. The second-order valence-corrected chi connectivity index (χ2v) is 6.86. The average molecular weight is 330 g/mol. The summed E-state index contributed by atoms with van der Waals surface area (Å²) in [5, 5.41) is 6.84. The lowest BCUT2D eigenvalue weighted by Gasteiger charge is -2.36. The highest BCUT2D eigenvalue weighted by Gasteiger charge is 2.32. The molecule has 0 N–H and O–H groups in total. The third-order valence-corrected chi connectivity index (χ3v) is 4.80. The molecule has 5 nitrogen and oxygen atoms in total. The number of carbonyl (C=O) groups excluding carboxylic acids is 1. The number of rotatable bonds is 5. The van der Waals surface area contributed by atoms with Crippen molar-refractivity contribution in [2.75, 3.05) is 7.11 Å². The quantitative estimate of drug-likeness (QED) is 0.470. The van der Waals surface area contributed by atoms with Gasteiger partial charge in [0.2, 0.25) is 0 Å². The SMILES string of the molecule is COc1cc(/C=N\N2[C@@H](C)CCC[C@@H]2C)ccc1OC(=O)C1CC1. The van der Waals surface area contributed by atoms with Crippen LogP contribution in [-0.2, 0) is 4.79 Å². The predicted octanol–water partition coefficient (Wildman–Crippen LogP) is 3.61. The number of ether oxygens (including phenoxy) is 2. The fraction of sp³-hybridized carbons (Fsp3) is 0.579. The van der Waals surface area contributed by atoms with Crippen LogP contribution in [0.25, 0.3) is 0 Å². The maximum absolute atomic E-state index is 11.8. The largest absolute Gasteiger partial charge is 0.493 e. The van der Waals surface area contributed by atoms with Gasteiger partial charge in [0.25, 0.3) is 0 Å². The molecule has 0 bridgehead atoms. The van der Waals surface area contributed by atoms with Gasteiger partial charge in [0.05, 0.1) is 19.2 Å². The highest BCUT2D eigenvalue weighted by molar-refractivity contribution is 5.82. The Kier molecular flexibility index (Phi) is 5.07. The van der Waals surface area contributed by atoms with E-state index in [1.54, 1.807) is 13.2 Å². The summed E-state index contributed by atoms with van der Waals surface area (Å²) < 4.78 is 10.8. The number of nitrogens with zero attached hydrogens (tertiary/aromatic N) is 2. The smallest absolute Gasteiger partial charge is 0.314 e. The standard InChI is InChI=1S/C19H26N2O3/c1-13-5-4-6-14(2)21(13)20-12-15-7-10-17(18(11-15)23-3)24-19(22)16-8-9-16/h7,10-14,16H,4-6,8-9H2,1-3H3/b20-12-/t13-,14-/m0/s1. The minimum Gasteiger partial charge on any atom is -0.493 e. The molecular formula is C19H26N2O3. The zero-order chi connectivity index (χ0) is 17.1. The summed E-state index contributed by atoms with van der Waals surface area (Å²) in [4.78, 5) is 11.8. The molecule has 2 fully saturated rings. The fourth-order valence-electron chi connectivity index (χ4n) is 3.13. The number of carbonyl (C=O) groups is 1. The van der Waals surface area contributed by atoms with Gasteiger partial charge in [-0.3, -0.25) is 9.80 Å². The maximum Gasteiger partial charge on any atom is 0.314 e. The van der Waals surface area contributed by atoms with Crippen LogP contribution in [-0.4, -0.2) is 36.4 Å². The van der Waals surface area contributed by atoms with Gasteiger partial charge in [0, 0.05) is 12.1 Å². The van der Waals surface area contributed by atoms with Crippen molar-refractivity contribution in [1.82, 2.24) is 5.01 Å². The molecule has 1 saturated carbocycles. The highest BCUT2D eigenvalue weighted by atomic mass is 16.6. The molecule has 3 rings (SSSR count). The van der Waals surface area contributed by atoms with E-state index < -0.39 is 0 Å². The highest BCUT2D eigenvalue weighted by Crippen LogP contribution is 2.34. The molecule has 1 aliphatic carbocycles. The van der Waals surface area contributed by atoms with Gasteiger partial charge >= 0.3 is 5.97 Å². The van der Waals surface area contributed by atoms with Crippen LogP contribution in [0.4, 0.5) is 0 Å². The molecule has 5 heteroatoms. The Morgan fingerprint density at radius 2 is 1.88 bits per heavy atom. The van der Waals surface area contributed by atoms with Gasteiger partial charge in [-0.2, -0.15) is 5.10 Å². The van der Waals surface area contributed by atoms with E-state index in [4.69, 9.17) is 9.47 Å². The fourth-order valence-corrected chi connectivity index (χ4v) is 3.13. The summed E-state index contributed by atoms with van der Waals surface area (Å²) >= 11 is 0. The van der Waals surface area contributed by atoms with Crippen LogP contribution >= 0.6 is 0 Å². The zero-order valence-corrected chi connectivity index (χ0v) is 14.7. The second-order valence-electron chi connectivity index (χ2n) is 6.86. The lowest BCUT2D eigenvalue weighted by molar-refractivity contribution is -0.135. The lowest BCUT2D eigenvalue weighted by atomic mass is 10.00. The molecule has 0 radical (unpaired) electrons. The van der Waals surface area contributed by atoms with Crippen LogP contribution in [0.5, 0.6) is 11.5 Å². The molecule has 1 aromatic carbocycles. The van der Waals surface area contributed by atoms with E-state index >= 15 is 0 Å². The number of hydrogen-bond acceptors (Lipinski definition) is 5. The number of methoxy groups -OCH3 is 1. The van der Waals surface area contributed by atoms with Crippen molar-refractivity contribution in [2.45, 2.75) is 58.0 Å². The summed E-state index contributed by atoms with van der Waals surface area (Å²) in [5.74, 6) is 0.947. The molecule has 0 unspecified atom stereocenters. The molecule has 1 aliphatic heterocycles. The number of esters is 1. The van der Waals surface area contributed by atoms with Crippen LogP contribution in [0.15, 0.2) is 23.3 Å². The minimum atomic E-state index is -0.161. The first kappa shape index (κ1) is 16.8. The third kappa shape index (κ3) is 3.89. The topological polar surface area (TPSA) is 51.1 Å². The van der Waals surface area contributed by atoms with Crippen molar-refractivity contribution in [3.05, 3.63) is 23.8 Å². The average Bonchev–Trinajstić information content (AvgIpc) is 3.40.